The molecule has 0 radical (unpaired) electrons. The first kappa shape index (κ1) is 32.9. The topological polar surface area (TPSA) is 98.8 Å². The molecule has 8 nitrogen and oxygen atoms in total. The average Bonchev–Trinajstić information content (AvgIpc) is 3.45. The summed E-state index contributed by atoms with van der Waals surface area (Å²) < 4.78 is 0. The minimum Gasteiger partial charge on any atom is -0.382 e. The fourth-order valence-electron chi connectivity index (χ4n) is 5.36. The van der Waals surface area contributed by atoms with E-state index < -0.39 is 23.4 Å². The number of amides is 2. The summed E-state index contributed by atoms with van der Waals surface area (Å²) in [6, 6.07) is 31.1. The summed E-state index contributed by atoms with van der Waals surface area (Å²) in [5.41, 5.74) is 3.02. The highest BCUT2D eigenvalue weighted by molar-refractivity contribution is 7.81. The monoisotopic (exact) mass is 710 g/mol. The molecule has 2 heterocycles. The first-order valence-electron chi connectivity index (χ1n) is 14.6. The fourth-order valence-corrected chi connectivity index (χ4v) is 6.38. The van der Waals surface area contributed by atoms with E-state index >= 15 is 0 Å². The van der Waals surface area contributed by atoms with E-state index in [0.717, 1.165) is 0 Å². The Morgan fingerprint density at radius 2 is 0.854 bits per heavy atom. The largest absolute Gasteiger partial charge is 0.382 e. The number of halogens is 2. The highest BCUT2D eigenvalue weighted by Gasteiger charge is 2.43. The molecule has 4 aromatic carbocycles. The number of thiocarbonyl (C=S) groups is 2. The molecular weight excluding hydrogens is 687 g/mol. The minimum atomic E-state index is -0.773. The van der Waals surface area contributed by atoms with Crippen molar-refractivity contribution < 1.29 is 19.2 Å². The summed E-state index contributed by atoms with van der Waals surface area (Å²) in [6.07, 6.45) is 0. The van der Waals surface area contributed by atoms with Crippen LogP contribution in [-0.2, 0) is 19.2 Å². The van der Waals surface area contributed by atoms with Crippen molar-refractivity contribution in [1.29, 1.82) is 0 Å². The zero-order valence-electron chi connectivity index (χ0n) is 24.9. The van der Waals surface area contributed by atoms with Crippen LogP contribution in [0.25, 0.3) is 11.4 Å². The maximum atomic E-state index is 13.4. The van der Waals surface area contributed by atoms with Crippen molar-refractivity contribution >= 4 is 104 Å². The zero-order valence-corrected chi connectivity index (χ0v) is 28.1. The number of hydrogen-bond donors (Lipinski definition) is 2. The first-order valence-corrected chi connectivity index (χ1v) is 16.2. The van der Waals surface area contributed by atoms with Crippen LogP contribution in [0.3, 0.4) is 0 Å². The predicted octanol–water partition coefficient (Wildman–Crippen LogP) is 6.18. The lowest BCUT2D eigenvalue weighted by molar-refractivity contribution is -0.132. The third-order valence-corrected chi connectivity index (χ3v) is 8.88. The summed E-state index contributed by atoms with van der Waals surface area (Å²) in [7, 11) is 0. The van der Waals surface area contributed by atoms with E-state index in [0.29, 0.717) is 43.9 Å². The number of benzene rings is 4. The van der Waals surface area contributed by atoms with Gasteiger partial charge in [0.2, 0.25) is 0 Å². The van der Waals surface area contributed by atoms with Gasteiger partial charge in [0.15, 0.2) is 0 Å². The SMILES string of the molecule is O=C1C(=O)N(c2ccc(Cl)cc2)C(=S)/C1=C(\NCCN/C(=C1/C(=O)C(=O)N(c2ccc(Cl)cc2)C1=S)c1ccccc1)c1ccccc1. The Morgan fingerprint density at radius 1 is 0.521 bits per heavy atom. The molecule has 2 amide bonds. The van der Waals surface area contributed by atoms with Crippen molar-refractivity contribution in [2.24, 2.45) is 0 Å². The van der Waals surface area contributed by atoms with Crippen LogP contribution in [0, 0.1) is 0 Å². The van der Waals surface area contributed by atoms with Gasteiger partial charge in [-0.05, 0) is 59.7 Å². The number of Topliss-reactive ketones (excluding diaryl/α,β-unsaturated/α-hetero) is 2. The molecule has 2 saturated heterocycles. The summed E-state index contributed by atoms with van der Waals surface area (Å²) in [6.45, 7) is 0.441. The van der Waals surface area contributed by atoms with Crippen molar-refractivity contribution in [2.75, 3.05) is 22.9 Å². The van der Waals surface area contributed by atoms with E-state index in [1.165, 1.54) is 9.80 Å². The molecule has 238 valence electrons. The number of rotatable bonds is 9. The van der Waals surface area contributed by atoms with E-state index in [4.69, 9.17) is 47.6 Å². The number of nitrogens with one attached hydrogen (secondary N) is 2. The van der Waals surface area contributed by atoms with Gasteiger partial charge in [0, 0.05) is 23.1 Å². The highest BCUT2D eigenvalue weighted by Crippen LogP contribution is 2.32. The van der Waals surface area contributed by atoms with Gasteiger partial charge in [0.25, 0.3) is 11.6 Å². The molecule has 2 aliphatic rings. The van der Waals surface area contributed by atoms with Gasteiger partial charge in [-0.1, -0.05) is 108 Å². The van der Waals surface area contributed by atoms with Gasteiger partial charge < -0.3 is 10.6 Å². The summed E-state index contributed by atoms with van der Waals surface area (Å²) in [5.74, 6) is -3.04. The summed E-state index contributed by atoms with van der Waals surface area (Å²) >= 11 is 23.5. The van der Waals surface area contributed by atoms with Gasteiger partial charge in [-0.2, -0.15) is 0 Å². The molecule has 0 saturated carbocycles. The Kier molecular flexibility index (Phi) is 9.61. The normalized spacial score (nSPS) is 17.0. The third kappa shape index (κ3) is 6.31. The standard InChI is InChI=1S/C36H24Cl2N4O4S2/c37-23-11-15-25(16-12-23)41-33(45)31(43)27(35(41)47)29(21-7-3-1-4-8-21)39-19-20-40-30(22-9-5-2-6-10-22)28-32(44)34(46)42(36(28)48)26-17-13-24(38)14-18-26/h1-18,39-40H,19-20H2/b29-27-,30-28-. The summed E-state index contributed by atoms with van der Waals surface area (Å²) in [5, 5.41) is 7.53. The Labute approximate surface area is 296 Å². The number of hydrogen-bond acceptors (Lipinski definition) is 8. The molecule has 0 unspecified atom stereocenters. The molecule has 0 atom stereocenters. The molecule has 0 bridgehead atoms. The van der Waals surface area contributed by atoms with E-state index in [1.807, 2.05) is 36.4 Å². The third-order valence-electron chi connectivity index (χ3n) is 7.61. The maximum absolute atomic E-state index is 13.4. The molecule has 2 N–H and O–H groups in total. The molecule has 12 heteroatoms. The lowest BCUT2D eigenvalue weighted by atomic mass is 10.0. The van der Waals surface area contributed by atoms with Gasteiger partial charge in [-0.25, -0.2) is 0 Å². The maximum Gasteiger partial charge on any atom is 0.304 e. The molecular formula is C36H24Cl2N4O4S2. The average molecular weight is 712 g/mol. The van der Waals surface area contributed by atoms with Crippen molar-refractivity contribution in [1.82, 2.24) is 10.6 Å². The minimum absolute atomic E-state index is 0.0569. The van der Waals surface area contributed by atoms with E-state index in [9.17, 15) is 19.2 Å². The van der Waals surface area contributed by atoms with Crippen molar-refractivity contribution in [2.45, 2.75) is 0 Å². The number of nitrogens with zero attached hydrogens (tertiary/aromatic N) is 2. The number of carbonyl (C=O) groups excluding carboxylic acids is 4. The molecule has 0 aromatic heterocycles. The molecule has 48 heavy (non-hydrogen) atoms. The highest BCUT2D eigenvalue weighted by atomic mass is 35.5. The molecule has 2 fully saturated rings. The first-order chi connectivity index (χ1) is 23.2. The Hall–Kier alpha value is -5.00. The Morgan fingerprint density at radius 3 is 1.19 bits per heavy atom. The summed E-state index contributed by atoms with van der Waals surface area (Å²) in [4.78, 5) is 55.8. The van der Waals surface area contributed by atoms with Crippen LogP contribution in [0.15, 0.2) is 120 Å². The van der Waals surface area contributed by atoms with Crippen LogP contribution in [0.2, 0.25) is 10.0 Å². The van der Waals surface area contributed by atoms with Crippen LogP contribution in [0.5, 0.6) is 0 Å². The molecule has 0 spiro atoms. The Balaban J connectivity index is 1.31. The van der Waals surface area contributed by atoms with Crippen molar-refractivity contribution in [3.05, 3.63) is 142 Å². The van der Waals surface area contributed by atoms with Gasteiger partial charge in [0.1, 0.15) is 9.98 Å². The molecule has 0 aliphatic carbocycles. The van der Waals surface area contributed by atoms with Crippen LogP contribution in [0.4, 0.5) is 11.4 Å². The lowest BCUT2D eigenvalue weighted by Gasteiger charge is -2.19. The Bertz CT molecular complexity index is 1900. The predicted molar refractivity (Wildman–Crippen MR) is 196 cm³/mol. The van der Waals surface area contributed by atoms with Crippen molar-refractivity contribution in [3.8, 4) is 0 Å². The zero-order chi connectivity index (χ0) is 33.9. The van der Waals surface area contributed by atoms with Crippen LogP contribution < -0.4 is 20.4 Å². The molecule has 4 aromatic rings. The fraction of sp³-hybridized carbons (Fsp3) is 0.0556. The molecule has 2 aliphatic heterocycles. The second kappa shape index (κ2) is 14.0. The van der Waals surface area contributed by atoms with E-state index in [-0.39, 0.29) is 34.2 Å². The van der Waals surface area contributed by atoms with E-state index in [2.05, 4.69) is 10.6 Å². The van der Waals surface area contributed by atoms with Gasteiger partial charge in [-0.3, -0.25) is 29.0 Å². The quantitative estimate of drug-likeness (QED) is 0.0920. The smallest absolute Gasteiger partial charge is 0.304 e. The van der Waals surface area contributed by atoms with Gasteiger partial charge >= 0.3 is 11.8 Å². The second-order valence-corrected chi connectivity index (χ2v) is 12.2. The number of carbonyl (C=O) groups is 4. The number of ketones is 2. The lowest BCUT2D eigenvalue weighted by Crippen LogP contribution is -2.30. The second-order valence-electron chi connectivity index (χ2n) is 10.6. The van der Waals surface area contributed by atoms with Gasteiger partial charge in [-0.15, -0.1) is 0 Å². The van der Waals surface area contributed by atoms with Crippen LogP contribution >= 0.6 is 47.6 Å². The van der Waals surface area contributed by atoms with Crippen LogP contribution in [0.1, 0.15) is 11.1 Å². The van der Waals surface area contributed by atoms with Crippen molar-refractivity contribution in [3.63, 3.8) is 0 Å². The van der Waals surface area contributed by atoms with Crippen LogP contribution in [-0.4, -0.2) is 46.4 Å². The van der Waals surface area contributed by atoms with Gasteiger partial charge in [0.05, 0.1) is 33.9 Å². The molecule has 6 rings (SSSR count). The van der Waals surface area contributed by atoms with E-state index in [1.54, 1.807) is 72.8 Å². The number of anilines is 2.